The van der Waals surface area contributed by atoms with E-state index in [1.165, 1.54) is 17.7 Å². The fourth-order valence-electron chi connectivity index (χ4n) is 3.58. The predicted octanol–water partition coefficient (Wildman–Crippen LogP) is 4.61. The van der Waals surface area contributed by atoms with E-state index in [0.29, 0.717) is 5.69 Å². The first-order chi connectivity index (χ1) is 13.1. The third-order valence-corrected chi connectivity index (χ3v) is 5.24. The topological polar surface area (TPSA) is 48.5 Å². The molecule has 1 fully saturated rings. The van der Waals surface area contributed by atoms with Crippen LogP contribution in [0, 0.1) is 6.92 Å². The molecule has 1 aliphatic rings. The van der Waals surface area contributed by atoms with Gasteiger partial charge in [-0.2, -0.15) is 0 Å². The fraction of sp³-hybridized carbons (Fsp3) is 0.455. The van der Waals surface area contributed by atoms with Crippen LogP contribution in [0.3, 0.4) is 0 Å². The van der Waals surface area contributed by atoms with Gasteiger partial charge in [0, 0.05) is 37.6 Å². The summed E-state index contributed by atoms with van der Waals surface area (Å²) in [5.74, 6) is 0.0426. The predicted molar refractivity (Wildman–Crippen MR) is 112 cm³/mol. The molecule has 0 aliphatic carbocycles. The molecule has 3 rings (SSSR count). The van der Waals surface area contributed by atoms with Crippen molar-refractivity contribution >= 4 is 23.0 Å². The summed E-state index contributed by atoms with van der Waals surface area (Å²) >= 11 is 0. The SMILES string of the molecule is CCN(CC)c1ccc(Nc2ccc(C(=O)N3CCCCC3)nc2)c(C)c1. The first-order valence-corrected chi connectivity index (χ1v) is 10.00. The summed E-state index contributed by atoms with van der Waals surface area (Å²) in [6.07, 6.45) is 5.14. The largest absolute Gasteiger partial charge is 0.372 e. The third-order valence-electron chi connectivity index (χ3n) is 5.24. The molecule has 144 valence electrons. The third kappa shape index (κ3) is 4.59. The van der Waals surface area contributed by atoms with E-state index < -0.39 is 0 Å². The van der Waals surface area contributed by atoms with Crippen LogP contribution in [0.15, 0.2) is 36.5 Å². The smallest absolute Gasteiger partial charge is 0.272 e. The Hall–Kier alpha value is -2.56. The van der Waals surface area contributed by atoms with Gasteiger partial charge in [0.1, 0.15) is 5.69 Å². The molecular weight excluding hydrogens is 336 g/mol. The number of pyridine rings is 1. The minimum Gasteiger partial charge on any atom is -0.372 e. The first-order valence-electron chi connectivity index (χ1n) is 10.00. The number of rotatable bonds is 6. The molecule has 0 atom stereocenters. The van der Waals surface area contributed by atoms with Crippen molar-refractivity contribution in [1.29, 1.82) is 0 Å². The van der Waals surface area contributed by atoms with E-state index >= 15 is 0 Å². The molecule has 0 saturated carbocycles. The van der Waals surface area contributed by atoms with Crippen molar-refractivity contribution in [3.8, 4) is 0 Å². The highest BCUT2D eigenvalue weighted by molar-refractivity contribution is 5.92. The molecule has 5 heteroatoms. The van der Waals surface area contributed by atoms with Gasteiger partial charge in [-0.3, -0.25) is 4.79 Å². The Balaban J connectivity index is 1.68. The second kappa shape index (κ2) is 8.89. The molecule has 0 unspecified atom stereocenters. The lowest BCUT2D eigenvalue weighted by atomic mass is 10.1. The number of piperidine rings is 1. The summed E-state index contributed by atoms with van der Waals surface area (Å²) in [5.41, 5.74) is 4.90. The summed E-state index contributed by atoms with van der Waals surface area (Å²) < 4.78 is 0. The molecule has 5 nitrogen and oxygen atoms in total. The van der Waals surface area contributed by atoms with Gasteiger partial charge in [-0.1, -0.05) is 0 Å². The number of aryl methyl sites for hydroxylation is 1. The Morgan fingerprint density at radius 3 is 2.44 bits per heavy atom. The van der Waals surface area contributed by atoms with Crippen molar-refractivity contribution in [2.24, 2.45) is 0 Å². The number of carbonyl (C=O) groups excluding carboxylic acids is 1. The molecule has 1 saturated heterocycles. The van der Waals surface area contributed by atoms with Crippen molar-refractivity contribution < 1.29 is 4.79 Å². The fourth-order valence-corrected chi connectivity index (χ4v) is 3.58. The lowest BCUT2D eigenvalue weighted by Gasteiger charge is -2.26. The molecule has 1 aliphatic heterocycles. The van der Waals surface area contributed by atoms with Gasteiger partial charge in [0.15, 0.2) is 0 Å². The van der Waals surface area contributed by atoms with Gasteiger partial charge in [-0.25, -0.2) is 4.98 Å². The van der Waals surface area contributed by atoms with Gasteiger partial charge in [0.2, 0.25) is 0 Å². The highest BCUT2D eigenvalue weighted by Gasteiger charge is 2.19. The van der Waals surface area contributed by atoms with Crippen LogP contribution in [0.1, 0.15) is 49.2 Å². The van der Waals surface area contributed by atoms with Gasteiger partial charge < -0.3 is 15.1 Å². The van der Waals surface area contributed by atoms with E-state index in [0.717, 1.165) is 50.4 Å². The van der Waals surface area contributed by atoms with Crippen LogP contribution < -0.4 is 10.2 Å². The number of anilines is 3. The van der Waals surface area contributed by atoms with Gasteiger partial charge >= 0.3 is 0 Å². The Labute approximate surface area is 162 Å². The Kier molecular flexibility index (Phi) is 6.32. The number of hydrogen-bond acceptors (Lipinski definition) is 4. The summed E-state index contributed by atoms with van der Waals surface area (Å²) in [6.45, 7) is 10.1. The summed E-state index contributed by atoms with van der Waals surface area (Å²) in [7, 11) is 0. The average molecular weight is 367 g/mol. The van der Waals surface area contributed by atoms with Crippen molar-refractivity contribution in [1.82, 2.24) is 9.88 Å². The maximum atomic E-state index is 12.5. The van der Waals surface area contributed by atoms with Crippen molar-refractivity contribution in [3.05, 3.63) is 47.8 Å². The molecule has 1 N–H and O–H groups in total. The lowest BCUT2D eigenvalue weighted by molar-refractivity contribution is 0.0718. The maximum absolute atomic E-state index is 12.5. The zero-order valence-corrected chi connectivity index (χ0v) is 16.7. The van der Waals surface area contributed by atoms with Gasteiger partial charge in [0.25, 0.3) is 5.91 Å². The van der Waals surface area contributed by atoms with E-state index in [4.69, 9.17) is 0 Å². The van der Waals surface area contributed by atoms with E-state index in [-0.39, 0.29) is 5.91 Å². The molecule has 0 radical (unpaired) electrons. The van der Waals surface area contributed by atoms with Gasteiger partial charge in [-0.15, -0.1) is 0 Å². The Morgan fingerprint density at radius 2 is 1.85 bits per heavy atom. The number of aromatic nitrogens is 1. The van der Waals surface area contributed by atoms with Crippen LogP contribution in [0.4, 0.5) is 17.1 Å². The zero-order valence-electron chi connectivity index (χ0n) is 16.7. The van der Waals surface area contributed by atoms with E-state index in [1.54, 1.807) is 6.20 Å². The highest BCUT2D eigenvalue weighted by Crippen LogP contribution is 2.25. The second-order valence-corrected chi connectivity index (χ2v) is 7.08. The molecule has 0 bridgehead atoms. The summed E-state index contributed by atoms with van der Waals surface area (Å²) in [6, 6.07) is 10.2. The van der Waals surface area contributed by atoms with E-state index in [2.05, 4.69) is 54.2 Å². The van der Waals surface area contributed by atoms with Crippen molar-refractivity contribution in [3.63, 3.8) is 0 Å². The highest BCUT2D eigenvalue weighted by atomic mass is 16.2. The van der Waals surface area contributed by atoms with Crippen LogP contribution >= 0.6 is 0 Å². The molecule has 2 aromatic rings. The molecular formula is C22H30N4O. The number of nitrogens with one attached hydrogen (secondary N) is 1. The van der Waals surface area contributed by atoms with Gasteiger partial charge in [-0.05, 0) is 75.9 Å². The summed E-state index contributed by atoms with van der Waals surface area (Å²) in [4.78, 5) is 21.2. The monoisotopic (exact) mass is 366 g/mol. The molecule has 0 spiro atoms. The minimum atomic E-state index is 0.0426. The Bertz CT molecular complexity index is 762. The standard InChI is InChI=1S/C22H30N4O/c1-4-25(5-2)19-10-12-20(17(3)15-19)24-18-9-11-21(23-16-18)22(27)26-13-7-6-8-14-26/h9-12,15-16,24H,4-8,13-14H2,1-3H3. The first kappa shape index (κ1) is 19.2. The second-order valence-electron chi connectivity index (χ2n) is 7.08. The van der Waals surface area contributed by atoms with Crippen LogP contribution in [-0.2, 0) is 0 Å². The van der Waals surface area contributed by atoms with E-state index in [1.807, 2.05) is 17.0 Å². The normalized spacial score (nSPS) is 14.1. The van der Waals surface area contributed by atoms with E-state index in [9.17, 15) is 4.79 Å². The quantitative estimate of drug-likeness (QED) is 0.811. The molecule has 1 aromatic heterocycles. The molecule has 2 heterocycles. The number of likely N-dealkylation sites (tertiary alicyclic amines) is 1. The number of hydrogen-bond donors (Lipinski definition) is 1. The van der Waals surface area contributed by atoms with Gasteiger partial charge in [0.05, 0.1) is 11.9 Å². The number of nitrogens with zero attached hydrogens (tertiary/aromatic N) is 3. The number of benzene rings is 1. The van der Waals surface area contributed by atoms with Crippen molar-refractivity contribution in [2.75, 3.05) is 36.4 Å². The van der Waals surface area contributed by atoms with Crippen molar-refractivity contribution in [2.45, 2.75) is 40.0 Å². The minimum absolute atomic E-state index is 0.0426. The van der Waals surface area contributed by atoms with Crippen LogP contribution in [-0.4, -0.2) is 42.0 Å². The molecule has 27 heavy (non-hydrogen) atoms. The van der Waals surface area contributed by atoms with Crippen LogP contribution in [0.2, 0.25) is 0 Å². The molecule has 1 aromatic carbocycles. The lowest BCUT2D eigenvalue weighted by Crippen LogP contribution is -2.36. The van der Waals surface area contributed by atoms with Crippen LogP contribution in [0.25, 0.3) is 0 Å². The summed E-state index contributed by atoms with van der Waals surface area (Å²) in [5, 5.41) is 3.41. The number of carbonyl (C=O) groups is 1. The number of amides is 1. The average Bonchev–Trinajstić information content (AvgIpc) is 2.71. The maximum Gasteiger partial charge on any atom is 0.272 e. The Morgan fingerprint density at radius 1 is 1.11 bits per heavy atom. The molecule has 1 amide bonds. The van der Waals surface area contributed by atoms with Crippen LogP contribution in [0.5, 0.6) is 0 Å². The zero-order chi connectivity index (χ0) is 19.2.